The van der Waals surface area contributed by atoms with Crippen molar-refractivity contribution in [3.05, 3.63) is 87.5 Å². The lowest BCUT2D eigenvalue weighted by atomic mass is 10.1. The van der Waals surface area contributed by atoms with Gasteiger partial charge in [-0.05, 0) is 54.5 Å². The topological polar surface area (TPSA) is 60.4 Å². The SMILES string of the molecule is COc1cc(C=C2N=C(c3ccccc3)N(c3ccc(Br)c(C)c3)C2=O)cc(OC)c1OC. The highest BCUT2D eigenvalue weighted by Crippen LogP contribution is 2.39. The maximum atomic E-state index is 13.6. The first-order chi connectivity index (χ1) is 16.0. The Morgan fingerprint density at radius 3 is 2.15 bits per heavy atom. The monoisotopic (exact) mass is 506 g/mol. The Morgan fingerprint density at radius 2 is 1.58 bits per heavy atom. The highest BCUT2D eigenvalue weighted by molar-refractivity contribution is 9.10. The Bertz CT molecular complexity index is 1240. The Labute approximate surface area is 201 Å². The number of anilines is 1. The van der Waals surface area contributed by atoms with Gasteiger partial charge in [-0.1, -0.05) is 46.3 Å². The standard InChI is InChI=1S/C26H23BrN2O4/c1-16-12-19(10-11-20(16)27)29-25(18-8-6-5-7-9-18)28-21(26(29)30)13-17-14-22(31-2)24(33-4)23(15-17)32-3/h5-15H,1-4H3. The van der Waals surface area contributed by atoms with Gasteiger partial charge in [-0.2, -0.15) is 0 Å². The van der Waals surface area contributed by atoms with E-state index < -0.39 is 0 Å². The number of nitrogens with zero attached hydrogens (tertiary/aromatic N) is 2. The number of ether oxygens (including phenoxy) is 3. The van der Waals surface area contributed by atoms with Crippen LogP contribution >= 0.6 is 15.9 Å². The summed E-state index contributed by atoms with van der Waals surface area (Å²) in [5, 5.41) is 0. The zero-order valence-electron chi connectivity index (χ0n) is 18.8. The van der Waals surface area contributed by atoms with E-state index >= 15 is 0 Å². The predicted molar refractivity (Wildman–Crippen MR) is 133 cm³/mol. The molecular weight excluding hydrogens is 484 g/mol. The van der Waals surface area contributed by atoms with Gasteiger partial charge in [0.05, 0.1) is 27.0 Å². The Hall–Kier alpha value is -3.58. The lowest BCUT2D eigenvalue weighted by molar-refractivity contribution is -0.113. The van der Waals surface area contributed by atoms with Crippen molar-refractivity contribution >= 4 is 39.4 Å². The third-order valence-corrected chi connectivity index (χ3v) is 6.17. The summed E-state index contributed by atoms with van der Waals surface area (Å²) >= 11 is 3.53. The lowest BCUT2D eigenvalue weighted by Crippen LogP contribution is -2.32. The van der Waals surface area contributed by atoms with Gasteiger partial charge in [-0.25, -0.2) is 4.99 Å². The maximum absolute atomic E-state index is 13.6. The van der Waals surface area contributed by atoms with Crippen molar-refractivity contribution in [2.45, 2.75) is 6.92 Å². The van der Waals surface area contributed by atoms with E-state index in [1.54, 1.807) is 44.4 Å². The number of amidine groups is 1. The number of carbonyl (C=O) groups excluding carboxylic acids is 1. The van der Waals surface area contributed by atoms with Crippen LogP contribution in [0, 0.1) is 6.92 Å². The van der Waals surface area contributed by atoms with Crippen LogP contribution in [0.5, 0.6) is 17.2 Å². The van der Waals surface area contributed by atoms with Crippen LogP contribution in [0.1, 0.15) is 16.7 Å². The summed E-state index contributed by atoms with van der Waals surface area (Å²) in [5.41, 5.74) is 3.63. The molecule has 168 valence electrons. The second kappa shape index (κ2) is 9.50. The Kier molecular flexibility index (Phi) is 6.51. The van der Waals surface area contributed by atoms with E-state index in [0.29, 0.717) is 34.3 Å². The Morgan fingerprint density at radius 1 is 0.909 bits per heavy atom. The van der Waals surface area contributed by atoms with Crippen LogP contribution in [0.4, 0.5) is 5.69 Å². The number of amides is 1. The molecule has 7 heteroatoms. The van der Waals surface area contributed by atoms with Gasteiger partial charge in [-0.3, -0.25) is 9.69 Å². The number of rotatable bonds is 6. The minimum Gasteiger partial charge on any atom is -0.493 e. The van der Waals surface area contributed by atoms with Crippen molar-refractivity contribution < 1.29 is 19.0 Å². The minimum absolute atomic E-state index is 0.218. The van der Waals surface area contributed by atoms with Gasteiger partial charge in [0.1, 0.15) is 11.5 Å². The zero-order valence-corrected chi connectivity index (χ0v) is 20.3. The van der Waals surface area contributed by atoms with Gasteiger partial charge >= 0.3 is 0 Å². The molecule has 33 heavy (non-hydrogen) atoms. The number of hydrogen-bond acceptors (Lipinski definition) is 5. The highest BCUT2D eigenvalue weighted by Gasteiger charge is 2.32. The van der Waals surface area contributed by atoms with Crippen LogP contribution in [0.15, 0.2) is 75.8 Å². The fourth-order valence-corrected chi connectivity index (χ4v) is 3.89. The molecule has 0 unspecified atom stereocenters. The molecular formula is C26H23BrN2O4. The van der Waals surface area contributed by atoms with E-state index in [1.807, 2.05) is 55.5 Å². The number of halogens is 1. The van der Waals surface area contributed by atoms with Gasteiger partial charge in [0.2, 0.25) is 5.75 Å². The summed E-state index contributed by atoms with van der Waals surface area (Å²) in [6, 6.07) is 19.0. The van der Waals surface area contributed by atoms with Gasteiger partial charge in [-0.15, -0.1) is 0 Å². The smallest absolute Gasteiger partial charge is 0.282 e. The summed E-state index contributed by atoms with van der Waals surface area (Å²) in [6.07, 6.45) is 1.72. The molecule has 0 spiro atoms. The second-order valence-electron chi connectivity index (χ2n) is 7.36. The Balaban J connectivity index is 1.84. The van der Waals surface area contributed by atoms with Crippen LogP contribution in [0.3, 0.4) is 0 Å². The molecule has 1 heterocycles. The number of benzene rings is 3. The molecule has 4 rings (SSSR count). The molecule has 0 saturated heterocycles. The molecule has 0 atom stereocenters. The first-order valence-electron chi connectivity index (χ1n) is 10.2. The second-order valence-corrected chi connectivity index (χ2v) is 8.22. The molecule has 0 radical (unpaired) electrons. The molecule has 0 N–H and O–H groups in total. The van der Waals surface area contributed by atoms with E-state index in [-0.39, 0.29) is 5.91 Å². The van der Waals surface area contributed by atoms with E-state index in [4.69, 9.17) is 19.2 Å². The van der Waals surface area contributed by atoms with E-state index in [0.717, 1.165) is 21.3 Å². The summed E-state index contributed by atoms with van der Waals surface area (Å²) in [6.45, 7) is 1.99. The molecule has 1 aliphatic rings. The van der Waals surface area contributed by atoms with Crippen molar-refractivity contribution in [3.8, 4) is 17.2 Å². The number of carbonyl (C=O) groups is 1. The number of methoxy groups -OCH3 is 3. The molecule has 1 aliphatic heterocycles. The van der Waals surface area contributed by atoms with Crippen molar-refractivity contribution in [2.75, 3.05) is 26.2 Å². The van der Waals surface area contributed by atoms with Crippen molar-refractivity contribution in [3.63, 3.8) is 0 Å². The molecule has 0 saturated carbocycles. The van der Waals surface area contributed by atoms with Crippen LogP contribution in [-0.2, 0) is 4.79 Å². The predicted octanol–water partition coefficient (Wildman–Crippen LogP) is 5.62. The molecule has 0 bridgehead atoms. The molecule has 0 fully saturated rings. The third-order valence-electron chi connectivity index (χ3n) is 5.28. The van der Waals surface area contributed by atoms with Crippen molar-refractivity contribution in [1.82, 2.24) is 0 Å². The van der Waals surface area contributed by atoms with Crippen LogP contribution in [-0.4, -0.2) is 33.1 Å². The van der Waals surface area contributed by atoms with Gasteiger partial charge in [0.15, 0.2) is 11.5 Å². The summed E-state index contributed by atoms with van der Waals surface area (Å²) in [7, 11) is 4.66. The summed E-state index contributed by atoms with van der Waals surface area (Å²) < 4.78 is 17.3. The quantitative estimate of drug-likeness (QED) is 0.407. The number of aryl methyl sites for hydroxylation is 1. The fourth-order valence-electron chi connectivity index (χ4n) is 3.65. The molecule has 0 aliphatic carbocycles. The third kappa shape index (κ3) is 4.36. The highest BCUT2D eigenvalue weighted by atomic mass is 79.9. The average Bonchev–Trinajstić information content (AvgIpc) is 3.16. The summed E-state index contributed by atoms with van der Waals surface area (Å²) in [5.74, 6) is 1.84. The first-order valence-corrected chi connectivity index (χ1v) is 11.0. The fraction of sp³-hybridized carbons (Fsp3) is 0.154. The van der Waals surface area contributed by atoms with Gasteiger partial charge < -0.3 is 14.2 Å². The number of aliphatic imine (C=N–C) groups is 1. The van der Waals surface area contributed by atoms with Crippen molar-refractivity contribution in [2.24, 2.45) is 4.99 Å². The first kappa shape index (κ1) is 22.6. The lowest BCUT2D eigenvalue weighted by Gasteiger charge is -2.19. The molecule has 6 nitrogen and oxygen atoms in total. The normalized spacial score (nSPS) is 14.5. The molecule has 1 amide bonds. The zero-order chi connectivity index (χ0) is 23.5. The summed E-state index contributed by atoms with van der Waals surface area (Å²) in [4.78, 5) is 19.9. The molecule has 3 aromatic carbocycles. The van der Waals surface area contributed by atoms with Crippen LogP contribution in [0.25, 0.3) is 6.08 Å². The number of hydrogen-bond donors (Lipinski definition) is 0. The van der Waals surface area contributed by atoms with E-state index in [9.17, 15) is 4.79 Å². The molecule has 3 aromatic rings. The van der Waals surface area contributed by atoms with E-state index in [2.05, 4.69) is 15.9 Å². The average molecular weight is 507 g/mol. The van der Waals surface area contributed by atoms with Crippen molar-refractivity contribution in [1.29, 1.82) is 0 Å². The van der Waals surface area contributed by atoms with Gasteiger partial charge in [0.25, 0.3) is 5.91 Å². The molecule has 0 aromatic heterocycles. The maximum Gasteiger partial charge on any atom is 0.282 e. The van der Waals surface area contributed by atoms with Crippen LogP contribution < -0.4 is 19.1 Å². The van der Waals surface area contributed by atoms with Crippen LogP contribution in [0.2, 0.25) is 0 Å². The minimum atomic E-state index is -0.218. The van der Waals surface area contributed by atoms with E-state index in [1.165, 1.54) is 0 Å². The largest absolute Gasteiger partial charge is 0.493 e. The van der Waals surface area contributed by atoms with Gasteiger partial charge in [0, 0.05) is 10.0 Å².